The molecule has 0 aromatic heterocycles. The number of nitrogens with one attached hydrogen (secondary N) is 1. The van der Waals surface area contributed by atoms with Crippen LogP contribution in [0.2, 0.25) is 0 Å². The lowest BCUT2D eigenvalue weighted by molar-refractivity contribution is -0.163. The smallest absolute Gasteiger partial charge is 0.383 e. The van der Waals surface area contributed by atoms with E-state index in [4.69, 9.17) is 5.73 Å². The lowest BCUT2D eigenvalue weighted by Crippen LogP contribution is -2.40. The molecule has 1 aromatic rings. The standard InChI is InChI=1S/C9H7BrF4N2O/c10-5-2-1-4(3-6(5)15)16-8(17)9(13,14)7(11)12/h1-3,7H,15H2,(H,16,17). The second kappa shape index (κ2) is 4.91. The predicted octanol–water partition coefficient (Wildman–Crippen LogP) is 2.87. The zero-order chi connectivity index (χ0) is 13.2. The number of benzene rings is 1. The Morgan fingerprint density at radius 1 is 1.41 bits per heavy atom. The largest absolute Gasteiger partial charge is 0.398 e. The Morgan fingerprint density at radius 3 is 2.47 bits per heavy atom. The van der Waals surface area contributed by atoms with Crippen molar-refractivity contribution in [3.63, 3.8) is 0 Å². The van der Waals surface area contributed by atoms with Gasteiger partial charge in [0.05, 0.1) is 0 Å². The Labute approximate surface area is 102 Å². The van der Waals surface area contributed by atoms with Gasteiger partial charge in [0.25, 0.3) is 0 Å². The van der Waals surface area contributed by atoms with Gasteiger partial charge in [-0.05, 0) is 34.1 Å². The highest BCUT2D eigenvalue weighted by Gasteiger charge is 2.48. The topological polar surface area (TPSA) is 55.1 Å². The Hall–Kier alpha value is -1.31. The highest BCUT2D eigenvalue weighted by atomic mass is 79.9. The van der Waals surface area contributed by atoms with Gasteiger partial charge in [-0.25, -0.2) is 8.78 Å². The molecule has 0 unspecified atom stereocenters. The van der Waals surface area contributed by atoms with Crippen LogP contribution in [-0.2, 0) is 4.79 Å². The summed E-state index contributed by atoms with van der Waals surface area (Å²) in [5.74, 6) is -6.81. The van der Waals surface area contributed by atoms with E-state index < -0.39 is 18.3 Å². The van der Waals surface area contributed by atoms with E-state index in [0.717, 1.165) is 0 Å². The molecule has 1 amide bonds. The van der Waals surface area contributed by atoms with E-state index >= 15 is 0 Å². The molecule has 0 bridgehead atoms. The van der Waals surface area contributed by atoms with Crippen molar-refractivity contribution in [3.8, 4) is 0 Å². The van der Waals surface area contributed by atoms with Crippen molar-refractivity contribution in [3.05, 3.63) is 22.7 Å². The molecule has 0 spiro atoms. The van der Waals surface area contributed by atoms with Crippen LogP contribution in [0.5, 0.6) is 0 Å². The second-order valence-electron chi connectivity index (χ2n) is 3.11. The quantitative estimate of drug-likeness (QED) is 0.666. The molecule has 8 heteroatoms. The number of carbonyl (C=O) groups is 1. The zero-order valence-electron chi connectivity index (χ0n) is 8.18. The number of anilines is 2. The molecule has 0 aliphatic heterocycles. The number of rotatable bonds is 3. The Morgan fingerprint density at radius 2 is 2.00 bits per heavy atom. The van der Waals surface area contributed by atoms with Crippen molar-refractivity contribution in [1.29, 1.82) is 0 Å². The van der Waals surface area contributed by atoms with Crippen molar-refractivity contribution in [2.24, 2.45) is 0 Å². The number of nitrogens with two attached hydrogens (primary N) is 1. The zero-order valence-corrected chi connectivity index (χ0v) is 9.77. The summed E-state index contributed by atoms with van der Waals surface area (Å²) in [5.41, 5.74) is 5.53. The second-order valence-corrected chi connectivity index (χ2v) is 3.97. The van der Waals surface area contributed by atoms with Crippen LogP contribution in [0, 0.1) is 0 Å². The van der Waals surface area contributed by atoms with Gasteiger partial charge in [0.15, 0.2) is 0 Å². The molecule has 0 atom stereocenters. The molecule has 1 aromatic carbocycles. The summed E-state index contributed by atoms with van der Waals surface area (Å²) in [6.07, 6.45) is -4.06. The summed E-state index contributed by atoms with van der Waals surface area (Å²) in [7, 11) is 0. The first-order chi connectivity index (χ1) is 7.75. The number of amides is 1. The maximum absolute atomic E-state index is 12.6. The Bertz CT molecular complexity index is 439. The molecule has 17 heavy (non-hydrogen) atoms. The van der Waals surface area contributed by atoms with Crippen LogP contribution in [0.15, 0.2) is 22.7 Å². The fraction of sp³-hybridized carbons (Fsp3) is 0.222. The normalized spacial score (nSPS) is 11.6. The van der Waals surface area contributed by atoms with Crippen molar-refractivity contribution in [2.75, 3.05) is 11.1 Å². The first kappa shape index (κ1) is 13.8. The Balaban J connectivity index is 2.85. The first-order valence-electron chi connectivity index (χ1n) is 4.27. The predicted molar refractivity (Wildman–Crippen MR) is 58.1 cm³/mol. The molecule has 0 aliphatic rings. The highest BCUT2D eigenvalue weighted by molar-refractivity contribution is 9.10. The van der Waals surface area contributed by atoms with Gasteiger partial charge < -0.3 is 11.1 Å². The minimum atomic E-state index is -4.73. The summed E-state index contributed by atoms with van der Waals surface area (Å²) in [5, 5.41) is 1.66. The maximum Gasteiger partial charge on any atom is 0.383 e. The van der Waals surface area contributed by atoms with Crippen LogP contribution < -0.4 is 11.1 Å². The number of nitrogen functional groups attached to an aromatic ring is 1. The Kier molecular flexibility index (Phi) is 3.97. The summed E-state index contributed by atoms with van der Waals surface area (Å²) >= 11 is 3.05. The molecular weight excluding hydrogens is 308 g/mol. The van der Waals surface area contributed by atoms with E-state index in [1.165, 1.54) is 18.2 Å². The molecule has 0 heterocycles. The molecule has 1 rings (SSSR count). The van der Waals surface area contributed by atoms with Gasteiger partial charge in [-0.2, -0.15) is 8.78 Å². The number of hydrogen-bond donors (Lipinski definition) is 2. The summed E-state index contributed by atoms with van der Waals surface area (Å²) in [4.78, 5) is 10.9. The average Bonchev–Trinajstić information content (AvgIpc) is 2.23. The molecule has 0 saturated carbocycles. The number of hydrogen-bond acceptors (Lipinski definition) is 2. The molecule has 3 N–H and O–H groups in total. The molecule has 0 radical (unpaired) electrons. The van der Waals surface area contributed by atoms with Gasteiger partial charge in [0.1, 0.15) is 0 Å². The van der Waals surface area contributed by atoms with E-state index in [9.17, 15) is 22.4 Å². The van der Waals surface area contributed by atoms with Gasteiger partial charge >= 0.3 is 18.3 Å². The monoisotopic (exact) mass is 314 g/mol. The van der Waals surface area contributed by atoms with Crippen LogP contribution in [-0.4, -0.2) is 18.3 Å². The van der Waals surface area contributed by atoms with E-state index in [0.29, 0.717) is 4.47 Å². The third-order valence-corrected chi connectivity index (χ3v) is 2.55. The summed E-state index contributed by atoms with van der Waals surface area (Å²) < 4.78 is 49.4. The highest BCUT2D eigenvalue weighted by Crippen LogP contribution is 2.27. The summed E-state index contributed by atoms with van der Waals surface area (Å²) in [6, 6.07) is 3.81. The van der Waals surface area contributed by atoms with Crippen molar-refractivity contribution in [1.82, 2.24) is 0 Å². The van der Waals surface area contributed by atoms with E-state index in [1.54, 1.807) is 5.32 Å². The van der Waals surface area contributed by atoms with Gasteiger partial charge in [-0.15, -0.1) is 0 Å². The van der Waals surface area contributed by atoms with Crippen molar-refractivity contribution >= 4 is 33.2 Å². The fourth-order valence-corrected chi connectivity index (χ4v) is 1.18. The van der Waals surface area contributed by atoms with Crippen molar-refractivity contribution < 1.29 is 22.4 Å². The van der Waals surface area contributed by atoms with Crippen LogP contribution >= 0.6 is 15.9 Å². The molecule has 0 fully saturated rings. The van der Waals surface area contributed by atoms with Gasteiger partial charge in [-0.3, -0.25) is 4.79 Å². The lowest BCUT2D eigenvalue weighted by Gasteiger charge is -2.15. The SMILES string of the molecule is Nc1cc(NC(=O)C(F)(F)C(F)F)ccc1Br. The first-order valence-corrected chi connectivity index (χ1v) is 5.07. The lowest BCUT2D eigenvalue weighted by atomic mass is 10.2. The molecule has 0 saturated heterocycles. The molecule has 3 nitrogen and oxygen atoms in total. The minimum Gasteiger partial charge on any atom is -0.398 e. The van der Waals surface area contributed by atoms with Crippen LogP contribution in [0.1, 0.15) is 0 Å². The third-order valence-electron chi connectivity index (χ3n) is 1.83. The number of carbonyl (C=O) groups excluding carboxylic acids is 1. The van der Waals surface area contributed by atoms with Crippen LogP contribution in [0.4, 0.5) is 28.9 Å². The number of alkyl halides is 4. The average molecular weight is 315 g/mol. The van der Waals surface area contributed by atoms with E-state index in [-0.39, 0.29) is 11.4 Å². The molecule has 0 aliphatic carbocycles. The van der Waals surface area contributed by atoms with Gasteiger partial charge in [0, 0.05) is 15.8 Å². The third kappa shape index (κ3) is 3.09. The van der Waals surface area contributed by atoms with E-state index in [1.807, 2.05) is 0 Å². The van der Waals surface area contributed by atoms with E-state index in [2.05, 4.69) is 15.9 Å². The van der Waals surface area contributed by atoms with Crippen LogP contribution in [0.3, 0.4) is 0 Å². The fourth-order valence-electron chi connectivity index (χ4n) is 0.935. The van der Waals surface area contributed by atoms with Crippen molar-refractivity contribution in [2.45, 2.75) is 12.3 Å². The summed E-state index contributed by atoms with van der Waals surface area (Å²) in [6.45, 7) is 0. The number of halogens is 5. The van der Waals surface area contributed by atoms with Gasteiger partial charge in [-0.1, -0.05) is 0 Å². The minimum absolute atomic E-state index is 0.0870. The van der Waals surface area contributed by atoms with Crippen LogP contribution in [0.25, 0.3) is 0 Å². The van der Waals surface area contributed by atoms with Gasteiger partial charge in [0.2, 0.25) is 0 Å². The molecule has 94 valence electrons. The maximum atomic E-state index is 12.6. The molecular formula is C9H7BrF4N2O.